The molecule has 5 heteroatoms. The van der Waals surface area contributed by atoms with Gasteiger partial charge in [0.1, 0.15) is 5.75 Å². The molecule has 1 aromatic rings. The fourth-order valence-corrected chi connectivity index (χ4v) is 1.38. The molecule has 1 atom stereocenters. The number of benzene rings is 1. The Morgan fingerprint density at radius 2 is 2.20 bits per heavy atom. The molecule has 0 aromatic heterocycles. The van der Waals surface area contributed by atoms with Crippen LogP contribution in [0.25, 0.3) is 0 Å². The second kappa shape index (κ2) is 5.72. The Bertz CT molecular complexity index is 340. The number of aliphatic carboxylic acids is 1. The minimum atomic E-state index is -1.05. The van der Waals surface area contributed by atoms with Crippen LogP contribution < -0.4 is 4.74 Å². The van der Waals surface area contributed by atoms with E-state index < -0.39 is 12.1 Å². The van der Waals surface area contributed by atoms with Gasteiger partial charge in [-0.25, -0.2) is 4.79 Å². The van der Waals surface area contributed by atoms with Gasteiger partial charge in [0.05, 0.1) is 11.1 Å². The first kappa shape index (κ1) is 12.0. The van der Waals surface area contributed by atoms with Gasteiger partial charge in [0.25, 0.3) is 0 Å². The molecule has 0 amide bonds. The lowest BCUT2D eigenvalue weighted by Gasteiger charge is -2.14. The van der Waals surface area contributed by atoms with E-state index in [1.807, 2.05) is 6.07 Å². The number of methoxy groups -OCH3 is 1. The van der Waals surface area contributed by atoms with E-state index in [2.05, 4.69) is 15.9 Å². The molecule has 0 bridgehead atoms. The van der Waals surface area contributed by atoms with Crippen molar-refractivity contribution in [3.63, 3.8) is 0 Å². The highest BCUT2D eigenvalue weighted by molar-refractivity contribution is 9.10. The van der Waals surface area contributed by atoms with Crippen molar-refractivity contribution < 1.29 is 19.4 Å². The predicted molar refractivity (Wildman–Crippen MR) is 58.1 cm³/mol. The highest BCUT2D eigenvalue weighted by Crippen LogP contribution is 2.24. The van der Waals surface area contributed by atoms with Crippen molar-refractivity contribution in [2.24, 2.45) is 0 Å². The summed E-state index contributed by atoms with van der Waals surface area (Å²) < 4.78 is 10.7. The van der Waals surface area contributed by atoms with Gasteiger partial charge >= 0.3 is 5.97 Å². The zero-order valence-electron chi connectivity index (χ0n) is 8.14. The van der Waals surface area contributed by atoms with Crippen LogP contribution in [0.15, 0.2) is 28.7 Å². The molecule has 15 heavy (non-hydrogen) atoms. The summed E-state index contributed by atoms with van der Waals surface area (Å²) >= 11 is 3.27. The number of ether oxygens (including phenoxy) is 2. The van der Waals surface area contributed by atoms with Crippen molar-refractivity contribution in [1.82, 2.24) is 0 Å². The Hall–Kier alpha value is -1.07. The molecule has 1 N–H and O–H groups in total. The molecule has 1 rings (SSSR count). The van der Waals surface area contributed by atoms with Crippen molar-refractivity contribution in [2.75, 3.05) is 13.7 Å². The molecular weight excluding hydrogens is 264 g/mol. The van der Waals surface area contributed by atoms with Crippen LogP contribution in [0.4, 0.5) is 0 Å². The van der Waals surface area contributed by atoms with Gasteiger partial charge in [0.2, 0.25) is 6.10 Å². The molecule has 4 nitrogen and oxygen atoms in total. The van der Waals surface area contributed by atoms with E-state index >= 15 is 0 Å². The average molecular weight is 275 g/mol. The van der Waals surface area contributed by atoms with Crippen molar-refractivity contribution >= 4 is 21.9 Å². The standard InChI is InChI=1S/C10H11BrO4/c1-14-6-9(10(12)13)15-8-5-3-2-4-7(8)11/h2-5,9H,6H2,1H3,(H,12,13). The summed E-state index contributed by atoms with van der Waals surface area (Å²) in [4.78, 5) is 10.8. The Morgan fingerprint density at radius 1 is 1.53 bits per heavy atom. The lowest BCUT2D eigenvalue weighted by atomic mass is 10.3. The number of carbonyl (C=O) groups is 1. The van der Waals surface area contributed by atoms with E-state index in [0.717, 1.165) is 0 Å². The van der Waals surface area contributed by atoms with E-state index in [0.29, 0.717) is 10.2 Å². The molecule has 0 aliphatic carbocycles. The molecule has 0 heterocycles. The molecule has 0 aliphatic rings. The van der Waals surface area contributed by atoms with Gasteiger partial charge in [-0.3, -0.25) is 0 Å². The summed E-state index contributed by atoms with van der Waals surface area (Å²) in [6, 6.07) is 7.06. The third-order valence-corrected chi connectivity index (χ3v) is 2.35. The van der Waals surface area contributed by atoms with E-state index in [1.165, 1.54) is 7.11 Å². The normalized spacial score (nSPS) is 12.1. The summed E-state index contributed by atoms with van der Waals surface area (Å²) in [6.07, 6.45) is -0.992. The van der Waals surface area contributed by atoms with Crippen LogP contribution in [0.2, 0.25) is 0 Å². The number of hydrogen-bond acceptors (Lipinski definition) is 3. The van der Waals surface area contributed by atoms with Gasteiger partial charge in [-0.1, -0.05) is 12.1 Å². The molecule has 1 unspecified atom stereocenters. The lowest BCUT2D eigenvalue weighted by molar-refractivity contribution is -0.147. The third-order valence-electron chi connectivity index (χ3n) is 1.70. The fraction of sp³-hybridized carbons (Fsp3) is 0.300. The average Bonchev–Trinajstić information content (AvgIpc) is 2.20. The Morgan fingerprint density at radius 3 is 2.73 bits per heavy atom. The maximum absolute atomic E-state index is 10.8. The van der Waals surface area contributed by atoms with Gasteiger partial charge in [-0.2, -0.15) is 0 Å². The highest BCUT2D eigenvalue weighted by Gasteiger charge is 2.19. The molecule has 0 radical (unpaired) electrons. The Labute approximate surface area is 95.9 Å². The van der Waals surface area contributed by atoms with Crippen molar-refractivity contribution in [2.45, 2.75) is 6.10 Å². The minimum absolute atomic E-state index is 0.0106. The number of carboxylic acid groups (broad SMARTS) is 1. The predicted octanol–water partition coefficient (Wildman–Crippen LogP) is 1.93. The van der Waals surface area contributed by atoms with Crippen molar-refractivity contribution in [3.05, 3.63) is 28.7 Å². The van der Waals surface area contributed by atoms with E-state index in [9.17, 15) is 4.79 Å². The highest BCUT2D eigenvalue weighted by atomic mass is 79.9. The molecule has 0 spiro atoms. The summed E-state index contributed by atoms with van der Waals surface area (Å²) in [5.41, 5.74) is 0. The van der Waals surface area contributed by atoms with Gasteiger partial charge < -0.3 is 14.6 Å². The molecule has 82 valence electrons. The Kier molecular flexibility index (Phi) is 4.58. The lowest BCUT2D eigenvalue weighted by Crippen LogP contribution is -2.31. The quantitative estimate of drug-likeness (QED) is 0.892. The molecule has 0 aliphatic heterocycles. The molecule has 0 fully saturated rings. The largest absolute Gasteiger partial charge is 0.478 e. The molecule has 1 aromatic carbocycles. The fourth-order valence-electron chi connectivity index (χ4n) is 1.00. The molecular formula is C10H11BrO4. The monoisotopic (exact) mass is 274 g/mol. The van der Waals surface area contributed by atoms with Crippen molar-refractivity contribution in [3.8, 4) is 5.75 Å². The van der Waals surface area contributed by atoms with Crippen LogP contribution in [0.1, 0.15) is 0 Å². The van der Waals surface area contributed by atoms with Crippen LogP contribution >= 0.6 is 15.9 Å². The molecule has 0 saturated carbocycles. The maximum atomic E-state index is 10.8. The van der Waals surface area contributed by atoms with Gasteiger partial charge in [-0.15, -0.1) is 0 Å². The summed E-state index contributed by atoms with van der Waals surface area (Å²) in [5, 5.41) is 8.84. The SMILES string of the molecule is COCC(Oc1ccccc1Br)C(=O)O. The summed E-state index contributed by atoms with van der Waals surface area (Å²) in [7, 11) is 1.43. The molecule has 0 saturated heterocycles. The van der Waals surface area contributed by atoms with Crippen LogP contribution in [-0.2, 0) is 9.53 Å². The Balaban J connectivity index is 2.74. The van der Waals surface area contributed by atoms with Crippen LogP contribution in [-0.4, -0.2) is 30.9 Å². The topological polar surface area (TPSA) is 55.8 Å². The van der Waals surface area contributed by atoms with Crippen LogP contribution in [0, 0.1) is 0 Å². The van der Waals surface area contributed by atoms with Crippen LogP contribution in [0.3, 0.4) is 0 Å². The number of carboxylic acids is 1. The smallest absolute Gasteiger partial charge is 0.347 e. The second-order valence-corrected chi connectivity index (χ2v) is 3.68. The third kappa shape index (κ3) is 3.53. The first-order valence-corrected chi connectivity index (χ1v) is 5.07. The number of rotatable bonds is 5. The zero-order chi connectivity index (χ0) is 11.3. The van der Waals surface area contributed by atoms with Crippen molar-refractivity contribution in [1.29, 1.82) is 0 Å². The first-order chi connectivity index (χ1) is 7.15. The zero-order valence-corrected chi connectivity index (χ0v) is 9.73. The van der Waals surface area contributed by atoms with Crippen LogP contribution in [0.5, 0.6) is 5.75 Å². The van der Waals surface area contributed by atoms with E-state index in [1.54, 1.807) is 18.2 Å². The van der Waals surface area contributed by atoms with E-state index in [4.69, 9.17) is 14.6 Å². The van der Waals surface area contributed by atoms with Gasteiger partial charge in [0.15, 0.2) is 0 Å². The first-order valence-electron chi connectivity index (χ1n) is 4.28. The maximum Gasteiger partial charge on any atom is 0.347 e. The second-order valence-electron chi connectivity index (χ2n) is 2.83. The van der Waals surface area contributed by atoms with Gasteiger partial charge in [0, 0.05) is 7.11 Å². The number of hydrogen-bond donors (Lipinski definition) is 1. The number of halogens is 1. The summed E-state index contributed by atoms with van der Waals surface area (Å²) in [6.45, 7) is 0.0106. The number of para-hydroxylation sites is 1. The van der Waals surface area contributed by atoms with E-state index in [-0.39, 0.29) is 6.61 Å². The summed E-state index contributed by atoms with van der Waals surface area (Å²) in [5.74, 6) is -0.561. The minimum Gasteiger partial charge on any atom is -0.478 e. The van der Waals surface area contributed by atoms with Gasteiger partial charge in [-0.05, 0) is 28.1 Å².